The highest BCUT2D eigenvalue weighted by Gasteiger charge is 2.37. The lowest BCUT2D eigenvalue weighted by atomic mass is 9.92. The summed E-state index contributed by atoms with van der Waals surface area (Å²) >= 11 is 0. The fourth-order valence-electron chi connectivity index (χ4n) is 10.9. The number of para-hydroxylation sites is 2. The van der Waals surface area contributed by atoms with Crippen molar-refractivity contribution in [2.45, 2.75) is 132 Å². The number of nitrogens with zero attached hydrogens (tertiary/aromatic N) is 2. The molecule has 0 saturated heterocycles. The third-order valence-corrected chi connectivity index (χ3v) is 26.9. The van der Waals surface area contributed by atoms with Crippen molar-refractivity contribution >= 4 is 69.6 Å². The summed E-state index contributed by atoms with van der Waals surface area (Å²) in [6.07, 6.45) is 8.72. The van der Waals surface area contributed by atoms with Gasteiger partial charge in [-0.3, -0.25) is 0 Å². The van der Waals surface area contributed by atoms with Crippen LogP contribution in [-0.2, 0) is 0 Å². The average Bonchev–Trinajstić information content (AvgIpc) is 4.00. The van der Waals surface area contributed by atoms with Crippen molar-refractivity contribution < 1.29 is 0 Å². The summed E-state index contributed by atoms with van der Waals surface area (Å²) in [5, 5.41) is 7.93. The summed E-state index contributed by atoms with van der Waals surface area (Å²) in [6, 6.07) is 79.4. The van der Waals surface area contributed by atoms with E-state index in [4.69, 9.17) is 0 Å². The minimum absolute atomic E-state index is 0.282. The van der Waals surface area contributed by atoms with Gasteiger partial charge in [-0.2, -0.15) is 0 Å². The number of benzene rings is 8. The summed E-state index contributed by atoms with van der Waals surface area (Å²) in [6.45, 7) is 35.7. The zero-order chi connectivity index (χ0) is 58.5. The van der Waals surface area contributed by atoms with E-state index in [1.165, 1.54) is 90.1 Å². The van der Waals surface area contributed by atoms with Crippen LogP contribution in [-0.4, -0.2) is 41.4 Å². The van der Waals surface area contributed by atoms with Gasteiger partial charge >= 0.3 is 0 Å². The van der Waals surface area contributed by atoms with Crippen molar-refractivity contribution in [3.63, 3.8) is 0 Å². The molecule has 0 aliphatic carbocycles. The van der Waals surface area contributed by atoms with Crippen LogP contribution in [0, 0.1) is 0 Å². The highest BCUT2D eigenvalue weighted by molar-refractivity contribution is 7.88. The van der Waals surface area contributed by atoms with Gasteiger partial charge in [-0.15, -0.1) is 7.92 Å². The third-order valence-electron chi connectivity index (χ3n) is 14.7. The molecule has 0 aromatic heterocycles. The van der Waals surface area contributed by atoms with E-state index in [2.05, 4.69) is 344 Å². The quantitative estimate of drug-likeness (QED) is 0.0890. The Balaban J connectivity index is 0.000000186. The van der Waals surface area contributed by atoms with Gasteiger partial charge in [0.1, 0.15) is 0 Å². The second kappa shape index (κ2) is 32.0. The first-order valence-electron chi connectivity index (χ1n) is 29.7. The van der Waals surface area contributed by atoms with Gasteiger partial charge in [-0.05, 0) is 123 Å². The van der Waals surface area contributed by atoms with Crippen molar-refractivity contribution in [2.75, 3.05) is 40.9 Å². The molecule has 426 valence electrons. The average molecular weight is 1150 g/mol. The number of hydrogen-bond donors (Lipinski definition) is 0. The zero-order valence-electron chi connectivity index (χ0n) is 51.9. The minimum Gasteiger partial charge on any atom is -0.328 e. The summed E-state index contributed by atoms with van der Waals surface area (Å²) in [4.78, 5) is 4.79. The summed E-state index contributed by atoms with van der Waals surface area (Å²) in [7, 11) is -0.654. The molecule has 8 aromatic carbocycles. The number of anilines is 2. The summed E-state index contributed by atoms with van der Waals surface area (Å²) in [5.41, 5.74) is 9.69. The van der Waals surface area contributed by atoms with Crippen LogP contribution in [0.5, 0.6) is 0 Å². The standard InChI is InChI=1S/C25H22P2.C24H32N2.C20H27P.C6H15P/c1-5-13-22(14-6-1)26(23-15-7-2-8-16-23)21-27(24-17-9-3-10-18-24)25-19-11-4-12-20-25;1-17(2)20-10-7-8-13-23(20)25-14-15-26(16-25)24-21(18(3)4)11-9-12-22(24)19(5)6;1-19(2,3)21(20(4,5)6)18-15-11-10-14-17(18)16-12-8-7-9-13-16;1-4-7(5-2)6-3/h1-20H,21H2;7-15,17-19H,16H2,1-6H3;7-15H,1-6H3;4-6H2,1-3H3. The van der Waals surface area contributed by atoms with Crippen LogP contribution in [0.1, 0.15) is 138 Å². The molecule has 1 aliphatic rings. The molecule has 9 rings (SSSR count). The number of rotatable bonds is 16. The van der Waals surface area contributed by atoms with Crippen LogP contribution in [0.15, 0.2) is 231 Å². The molecule has 6 heteroatoms. The molecule has 0 saturated carbocycles. The van der Waals surface area contributed by atoms with Crippen molar-refractivity contribution in [3.05, 3.63) is 247 Å². The van der Waals surface area contributed by atoms with Gasteiger partial charge in [-0.25, -0.2) is 0 Å². The van der Waals surface area contributed by atoms with Gasteiger partial charge in [0.15, 0.2) is 0 Å². The first-order valence-corrected chi connectivity index (χ1v) is 36.0. The molecule has 1 heterocycles. The molecule has 0 amide bonds. The van der Waals surface area contributed by atoms with Crippen LogP contribution >= 0.6 is 31.7 Å². The van der Waals surface area contributed by atoms with Crippen molar-refractivity contribution in [1.82, 2.24) is 0 Å². The Hall–Kier alpha value is -5.18. The molecule has 0 spiro atoms. The molecule has 8 aromatic rings. The first kappa shape index (κ1) is 65.0. The van der Waals surface area contributed by atoms with E-state index in [9.17, 15) is 0 Å². The van der Waals surface area contributed by atoms with E-state index in [0.29, 0.717) is 36.0 Å². The second-order valence-electron chi connectivity index (χ2n) is 23.7. The predicted octanol–water partition coefficient (Wildman–Crippen LogP) is 20.6. The molecular formula is C75H96N2P4. The molecule has 0 bridgehead atoms. The summed E-state index contributed by atoms with van der Waals surface area (Å²) in [5.74, 6) is 2.71. The monoisotopic (exact) mass is 1150 g/mol. The van der Waals surface area contributed by atoms with E-state index in [1.54, 1.807) is 0 Å². The van der Waals surface area contributed by atoms with Gasteiger partial charge in [0.05, 0.1) is 6.67 Å². The maximum Gasteiger partial charge on any atom is 0.0989 e. The fraction of sp³-hybridized carbons (Fsp3) is 0.333. The minimum atomic E-state index is -0.409. The largest absolute Gasteiger partial charge is 0.328 e. The van der Waals surface area contributed by atoms with Gasteiger partial charge in [0.2, 0.25) is 0 Å². The molecule has 1 aliphatic heterocycles. The Bertz CT molecular complexity index is 2860. The van der Waals surface area contributed by atoms with Gasteiger partial charge < -0.3 is 9.80 Å². The molecule has 0 fully saturated rings. The third kappa shape index (κ3) is 18.7. The summed E-state index contributed by atoms with van der Waals surface area (Å²) < 4.78 is 0. The SMILES string of the molecule is CC(C)(C)P(c1ccccc1-c1ccccc1)C(C)(C)C.CC(C)c1ccccc1N1C=CN(c2c(C(C)C)cccc2C(C)C)C1.CCP(CC)CC.c1ccc(P(CP(c2ccccc2)c2ccccc2)c2ccccc2)cc1. The molecule has 0 radical (unpaired) electrons. The Morgan fingerprint density at radius 2 is 0.728 bits per heavy atom. The van der Waals surface area contributed by atoms with Crippen LogP contribution in [0.3, 0.4) is 0 Å². The Labute approximate surface area is 498 Å². The molecule has 0 unspecified atom stereocenters. The highest BCUT2D eigenvalue weighted by Crippen LogP contribution is 2.59. The number of hydrogen-bond acceptors (Lipinski definition) is 2. The van der Waals surface area contributed by atoms with E-state index in [-0.39, 0.29) is 7.92 Å². The van der Waals surface area contributed by atoms with Gasteiger partial charge in [-0.1, -0.05) is 324 Å². The van der Waals surface area contributed by atoms with Crippen LogP contribution in [0.4, 0.5) is 11.4 Å². The van der Waals surface area contributed by atoms with E-state index < -0.39 is 15.8 Å². The maximum absolute atomic E-state index is 2.42. The molecule has 81 heavy (non-hydrogen) atoms. The maximum atomic E-state index is 2.42. The lowest BCUT2D eigenvalue weighted by Gasteiger charge is -2.42. The smallest absolute Gasteiger partial charge is 0.0989 e. The van der Waals surface area contributed by atoms with E-state index in [0.717, 1.165) is 6.67 Å². The topological polar surface area (TPSA) is 6.48 Å². The predicted molar refractivity (Wildman–Crippen MR) is 374 cm³/mol. The highest BCUT2D eigenvalue weighted by atomic mass is 31.2. The fourth-order valence-corrected chi connectivity index (χ4v) is 22.9. The van der Waals surface area contributed by atoms with Crippen molar-refractivity contribution in [1.29, 1.82) is 0 Å². The molecular weight excluding hydrogens is 1050 g/mol. The Morgan fingerprint density at radius 3 is 1.11 bits per heavy atom. The molecule has 2 nitrogen and oxygen atoms in total. The van der Waals surface area contributed by atoms with Crippen molar-refractivity contribution in [2.24, 2.45) is 0 Å². The first-order chi connectivity index (χ1) is 38.9. The molecule has 0 N–H and O–H groups in total. The lowest BCUT2D eigenvalue weighted by Crippen LogP contribution is -2.31. The van der Waals surface area contributed by atoms with Crippen LogP contribution < -0.4 is 36.3 Å². The normalized spacial score (nSPS) is 12.5. The Kier molecular flexibility index (Phi) is 25.7. The van der Waals surface area contributed by atoms with E-state index in [1.807, 2.05) is 0 Å². The van der Waals surface area contributed by atoms with Gasteiger partial charge in [0, 0.05) is 29.7 Å². The van der Waals surface area contributed by atoms with Crippen LogP contribution in [0.2, 0.25) is 0 Å². The zero-order valence-corrected chi connectivity index (χ0v) is 55.5. The Morgan fingerprint density at radius 1 is 0.383 bits per heavy atom. The second-order valence-corrected chi connectivity index (χ2v) is 35.7. The molecule has 0 atom stereocenters. The van der Waals surface area contributed by atoms with Crippen LogP contribution in [0.25, 0.3) is 11.1 Å². The van der Waals surface area contributed by atoms with Gasteiger partial charge in [0.25, 0.3) is 0 Å². The van der Waals surface area contributed by atoms with Crippen molar-refractivity contribution in [3.8, 4) is 11.1 Å². The lowest BCUT2D eigenvalue weighted by molar-refractivity contribution is 0.715. The van der Waals surface area contributed by atoms with E-state index >= 15 is 0 Å².